The normalized spacial score (nSPS) is 13.4. The summed E-state index contributed by atoms with van der Waals surface area (Å²) in [6.07, 6.45) is -6.47. The van der Waals surface area contributed by atoms with Crippen LogP contribution < -0.4 is 0 Å². The standard InChI is InChI=1S/C19H13F8N5/c1-2-13-16(30-15-6-11(18(22,23)24)3-4-31(13)15)12-5-10-7-29-32(14(10)8-28-12)9-17(20,21)19(25,26)27/h3-8H,2,9H2,1H3. The van der Waals surface area contributed by atoms with Crippen molar-refractivity contribution in [1.82, 2.24) is 24.1 Å². The summed E-state index contributed by atoms with van der Waals surface area (Å²) < 4.78 is 105. The summed E-state index contributed by atoms with van der Waals surface area (Å²) in [7, 11) is 0. The van der Waals surface area contributed by atoms with Gasteiger partial charge < -0.3 is 4.40 Å². The van der Waals surface area contributed by atoms with Gasteiger partial charge in [0.15, 0.2) is 0 Å². The zero-order valence-corrected chi connectivity index (χ0v) is 16.1. The number of imidazole rings is 1. The molecule has 4 heterocycles. The number of hydrogen-bond donors (Lipinski definition) is 0. The molecule has 0 radical (unpaired) electrons. The molecular weight excluding hydrogens is 450 g/mol. The van der Waals surface area contributed by atoms with Gasteiger partial charge in [0, 0.05) is 11.6 Å². The van der Waals surface area contributed by atoms with Crippen LogP contribution in [0.2, 0.25) is 0 Å². The Morgan fingerprint density at radius 2 is 1.69 bits per heavy atom. The summed E-state index contributed by atoms with van der Waals surface area (Å²) in [4.78, 5) is 8.33. The van der Waals surface area contributed by atoms with E-state index in [0.717, 1.165) is 24.5 Å². The van der Waals surface area contributed by atoms with Crippen LogP contribution >= 0.6 is 0 Å². The molecule has 0 unspecified atom stereocenters. The fourth-order valence-corrected chi connectivity index (χ4v) is 3.32. The molecule has 5 nitrogen and oxygen atoms in total. The fourth-order valence-electron chi connectivity index (χ4n) is 3.32. The Morgan fingerprint density at radius 3 is 2.31 bits per heavy atom. The van der Waals surface area contributed by atoms with Gasteiger partial charge in [0.25, 0.3) is 0 Å². The molecule has 0 saturated heterocycles. The molecule has 32 heavy (non-hydrogen) atoms. The predicted molar refractivity (Wildman–Crippen MR) is 97.1 cm³/mol. The highest BCUT2D eigenvalue weighted by Crippen LogP contribution is 2.37. The Hall–Kier alpha value is -3.25. The van der Waals surface area contributed by atoms with Crippen LogP contribution in [0.3, 0.4) is 0 Å². The minimum absolute atomic E-state index is 0.0362. The first kappa shape index (κ1) is 22.0. The summed E-state index contributed by atoms with van der Waals surface area (Å²) in [5.41, 5.74) is 0.139. The number of hydrogen-bond acceptors (Lipinski definition) is 3. The molecule has 0 amide bonds. The smallest absolute Gasteiger partial charge is 0.303 e. The third kappa shape index (κ3) is 3.65. The van der Waals surface area contributed by atoms with Crippen molar-refractivity contribution in [1.29, 1.82) is 0 Å². The number of alkyl halides is 8. The van der Waals surface area contributed by atoms with E-state index in [2.05, 4.69) is 15.1 Å². The zero-order chi connectivity index (χ0) is 23.5. The summed E-state index contributed by atoms with van der Waals surface area (Å²) in [5, 5.41) is 3.82. The topological polar surface area (TPSA) is 48.0 Å². The van der Waals surface area contributed by atoms with Gasteiger partial charge in [0.05, 0.1) is 34.9 Å². The van der Waals surface area contributed by atoms with Crippen LogP contribution in [0.15, 0.2) is 36.8 Å². The second-order valence-electron chi connectivity index (χ2n) is 7.03. The Morgan fingerprint density at radius 1 is 0.969 bits per heavy atom. The highest BCUT2D eigenvalue weighted by Gasteiger charge is 2.57. The number of aromatic nitrogens is 5. The maximum Gasteiger partial charge on any atom is 0.455 e. The first-order valence-electron chi connectivity index (χ1n) is 9.16. The van der Waals surface area contributed by atoms with Crippen LogP contribution in [-0.4, -0.2) is 36.2 Å². The second kappa shape index (κ2) is 7.14. The van der Waals surface area contributed by atoms with Crippen LogP contribution in [0.4, 0.5) is 35.1 Å². The quantitative estimate of drug-likeness (QED) is 0.375. The van der Waals surface area contributed by atoms with Crippen molar-refractivity contribution >= 4 is 16.6 Å². The van der Waals surface area contributed by atoms with Gasteiger partial charge in [-0.05, 0) is 24.6 Å². The number of aryl methyl sites for hydroxylation is 1. The molecule has 0 aliphatic carbocycles. The summed E-state index contributed by atoms with van der Waals surface area (Å²) >= 11 is 0. The summed E-state index contributed by atoms with van der Waals surface area (Å²) in [6, 6.07) is 3.19. The van der Waals surface area contributed by atoms with Gasteiger partial charge in [-0.2, -0.15) is 40.2 Å². The number of nitrogens with zero attached hydrogens (tertiary/aromatic N) is 5. The first-order chi connectivity index (χ1) is 14.8. The van der Waals surface area contributed by atoms with Gasteiger partial charge in [-0.25, -0.2) is 4.98 Å². The molecule has 13 heteroatoms. The zero-order valence-electron chi connectivity index (χ0n) is 16.1. The molecule has 0 fully saturated rings. The van der Waals surface area contributed by atoms with E-state index in [9.17, 15) is 35.1 Å². The molecule has 4 aromatic heterocycles. The average Bonchev–Trinajstić information content (AvgIpc) is 3.26. The van der Waals surface area contributed by atoms with Crippen LogP contribution in [0.5, 0.6) is 0 Å². The van der Waals surface area contributed by atoms with E-state index in [4.69, 9.17) is 0 Å². The summed E-state index contributed by atoms with van der Waals surface area (Å²) in [6.45, 7) is 0.0518. The van der Waals surface area contributed by atoms with Crippen molar-refractivity contribution in [2.75, 3.05) is 0 Å². The maximum absolute atomic E-state index is 13.4. The molecule has 0 atom stereocenters. The van der Waals surface area contributed by atoms with E-state index in [0.29, 0.717) is 16.8 Å². The lowest BCUT2D eigenvalue weighted by molar-refractivity contribution is -0.287. The number of pyridine rings is 2. The van der Waals surface area contributed by atoms with E-state index in [1.807, 2.05) is 0 Å². The van der Waals surface area contributed by atoms with Gasteiger partial charge in [0.2, 0.25) is 0 Å². The molecular formula is C19H13F8N5. The third-order valence-electron chi connectivity index (χ3n) is 4.92. The Balaban J connectivity index is 1.77. The lowest BCUT2D eigenvalue weighted by atomic mass is 10.1. The van der Waals surface area contributed by atoms with Crippen molar-refractivity contribution < 1.29 is 35.1 Å². The molecule has 0 bridgehead atoms. The van der Waals surface area contributed by atoms with E-state index < -0.39 is 30.4 Å². The van der Waals surface area contributed by atoms with Gasteiger partial charge in [-0.1, -0.05) is 6.92 Å². The van der Waals surface area contributed by atoms with Crippen LogP contribution in [0.1, 0.15) is 18.2 Å². The third-order valence-corrected chi connectivity index (χ3v) is 4.92. The predicted octanol–water partition coefficient (Wildman–Crippen LogP) is 5.52. The Kier molecular flexibility index (Phi) is 4.90. The van der Waals surface area contributed by atoms with E-state index in [1.54, 1.807) is 6.92 Å². The van der Waals surface area contributed by atoms with Crippen LogP contribution in [0.25, 0.3) is 27.9 Å². The molecule has 0 aliphatic heterocycles. The monoisotopic (exact) mass is 463 g/mol. The van der Waals surface area contributed by atoms with Crippen molar-refractivity contribution in [3.8, 4) is 11.4 Å². The summed E-state index contributed by atoms with van der Waals surface area (Å²) in [5.74, 6) is -4.99. The number of fused-ring (bicyclic) bond motifs is 2. The number of rotatable bonds is 4. The minimum Gasteiger partial charge on any atom is -0.303 e. The SMILES string of the molecule is CCc1c(-c2cc3cnn(CC(F)(F)C(F)(F)F)c3cn2)nc2cc(C(F)(F)F)ccn12. The van der Waals surface area contributed by atoms with E-state index in [-0.39, 0.29) is 27.9 Å². The minimum atomic E-state index is -5.74. The largest absolute Gasteiger partial charge is 0.455 e. The van der Waals surface area contributed by atoms with Crippen molar-refractivity contribution in [3.63, 3.8) is 0 Å². The molecule has 0 aliphatic rings. The van der Waals surface area contributed by atoms with E-state index in [1.165, 1.54) is 16.7 Å². The van der Waals surface area contributed by atoms with Crippen molar-refractivity contribution in [2.24, 2.45) is 0 Å². The number of halogens is 8. The molecule has 0 spiro atoms. The Labute approximate surface area is 174 Å². The molecule has 4 aromatic rings. The van der Waals surface area contributed by atoms with Crippen LogP contribution in [0, 0.1) is 0 Å². The lowest BCUT2D eigenvalue weighted by Crippen LogP contribution is -2.40. The molecule has 0 N–H and O–H groups in total. The molecule has 170 valence electrons. The highest BCUT2D eigenvalue weighted by molar-refractivity contribution is 5.82. The fraction of sp³-hybridized carbons (Fsp3) is 0.316. The van der Waals surface area contributed by atoms with E-state index >= 15 is 0 Å². The van der Waals surface area contributed by atoms with Gasteiger partial charge in [-0.15, -0.1) is 0 Å². The Bertz CT molecular complexity index is 1300. The molecule has 0 aromatic carbocycles. The lowest BCUT2D eigenvalue weighted by Gasteiger charge is -2.19. The first-order valence-corrected chi connectivity index (χ1v) is 9.16. The van der Waals surface area contributed by atoms with Gasteiger partial charge >= 0.3 is 18.3 Å². The van der Waals surface area contributed by atoms with Crippen molar-refractivity contribution in [3.05, 3.63) is 48.0 Å². The van der Waals surface area contributed by atoms with Gasteiger partial charge in [-0.3, -0.25) is 9.67 Å². The molecule has 4 rings (SSSR count). The van der Waals surface area contributed by atoms with Crippen LogP contribution in [-0.2, 0) is 19.1 Å². The second-order valence-corrected chi connectivity index (χ2v) is 7.03. The highest BCUT2D eigenvalue weighted by atomic mass is 19.4. The van der Waals surface area contributed by atoms with Gasteiger partial charge in [0.1, 0.15) is 17.9 Å². The maximum atomic E-state index is 13.4. The van der Waals surface area contributed by atoms with Crippen molar-refractivity contribution in [2.45, 2.75) is 38.2 Å². The molecule has 0 saturated carbocycles. The average molecular weight is 463 g/mol.